The van der Waals surface area contributed by atoms with Gasteiger partial charge in [-0.05, 0) is 18.2 Å². The van der Waals surface area contributed by atoms with Crippen LogP contribution < -0.4 is 5.32 Å². The molecule has 0 bridgehead atoms. The smallest absolute Gasteiger partial charge is 0.319 e. The van der Waals surface area contributed by atoms with Gasteiger partial charge in [0.05, 0.1) is 17.7 Å². The molecule has 0 aliphatic rings. The van der Waals surface area contributed by atoms with Crippen LogP contribution in [0.15, 0.2) is 35.1 Å². The number of hydrogen-bond donors (Lipinski definition) is 1. The maximum absolute atomic E-state index is 11.9. The number of nitrogens with one attached hydrogen (secondary N) is 1. The Bertz CT molecular complexity index is 612. The normalized spacial score (nSPS) is 10.2. The Kier molecular flexibility index (Phi) is 3.76. The topological polar surface area (TPSA) is 98.3 Å². The molecule has 98 valence electrons. The molecule has 2 aromatic rings. The summed E-state index contributed by atoms with van der Waals surface area (Å²) in [6.45, 7) is 0.128. The minimum Gasteiger partial charge on any atom is -0.467 e. The van der Waals surface area contributed by atoms with Gasteiger partial charge in [0.25, 0.3) is 5.91 Å². The predicted molar refractivity (Wildman–Crippen MR) is 65.8 cm³/mol. The van der Waals surface area contributed by atoms with Gasteiger partial charge in [-0.1, -0.05) is 11.6 Å². The summed E-state index contributed by atoms with van der Waals surface area (Å²) in [4.78, 5) is 25.6. The second-order valence-corrected chi connectivity index (χ2v) is 3.88. The van der Waals surface area contributed by atoms with Gasteiger partial charge in [-0.3, -0.25) is 14.9 Å². The van der Waals surface area contributed by atoms with Gasteiger partial charge < -0.3 is 9.73 Å². The second-order valence-electron chi connectivity index (χ2n) is 3.52. The lowest BCUT2D eigenvalue weighted by atomic mass is 10.2. The summed E-state index contributed by atoms with van der Waals surface area (Å²) in [7, 11) is 0. The summed E-state index contributed by atoms with van der Waals surface area (Å²) in [5.41, 5.74) is -0.655. The average Bonchev–Trinajstić information content (AvgIpc) is 2.88. The largest absolute Gasteiger partial charge is 0.467 e. The van der Waals surface area contributed by atoms with E-state index in [1.165, 1.54) is 18.5 Å². The van der Waals surface area contributed by atoms with E-state index in [0.29, 0.717) is 5.76 Å². The molecule has 0 aliphatic carbocycles. The number of amides is 1. The van der Waals surface area contributed by atoms with Crippen LogP contribution in [0.5, 0.6) is 0 Å². The average molecular weight is 282 g/mol. The number of nitrogens with zero attached hydrogens (tertiary/aromatic N) is 2. The summed E-state index contributed by atoms with van der Waals surface area (Å²) >= 11 is 5.62. The van der Waals surface area contributed by atoms with Crippen LogP contribution in [0.25, 0.3) is 0 Å². The van der Waals surface area contributed by atoms with E-state index < -0.39 is 16.5 Å². The van der Waals surface area contributed by atoms with E-state index in [0.717, 1.165) is 0 Å². The monoisotopic (exact) mass is 281 g/mol. The number of halogens is 1. The molecule has 0 unspecified atom stereocenters. The van der Waals surface area contributed by atoms with Crippen LogP contribution in [0, 0.1) is 10.1 Å². The molecule has 0 aliphatic heterocycles. The lowest BCUT2D eigenvalue weighted by molar-refractivity contribution is -0.385. The molecule has 2 aromatic heterocycles. The highest BCUT2D eigenvalue weighted by Crippen LogP contribution is 2.25. The number of carbonyl (C=O) groups excluding carboxylic acids is 1. The molecule has 0 saturated heterocycles. The third kappa shape index (κ3) is 2.89. The Morgan fingerprint density at radius 2 is 2.32 bits per heavy atom. The molecule has 8 heteroatoms. The Morgan fingerprint density at radius 1 is 1.53 bits per heavy atom. The highest BCUT2D eigenvalue weighted by atomic mass is 35.5. The number of hydrogen-bond acceptors (Lipinski definition) is 5. The summed E-state index contributed by atoms with van der Waals surface area (Å²) in [5.74, 6) is -0.0800. The molecular weight excluding hydrogens is 274 g/mol. The zero-order chi connectivity index (χ0) is 13.8. The molecule has 19 heavy (non-hydrogen) atoms. The first-order valence-corrected chi connectivity index (χ1v) is 5.57. The molecule has 2 heterocycles. The van der Waals surface area contributed by atoms with E-state index in [2.05, 4.69) is 10.3 Å². The summed E-state index contributed by atoms with van der Waals surface area (Å²) in [6, 6.07) is 4.59. The second kappa shape index (κ2) is 5.49. The quantitative estimate of drug-likeness (QED) is 0.526. The first-order valence-electron chi connectivity index (χ1n) is 5.19. The standard InChI is InChI=1S/C11H8ClN3O4/c12-10-9(15(17)18)8(3-4-13-10)11(16)14-6-7-2-1-5-19-7/h1-5H,6H2,(H,14,16). The van der Waals surface area contributed by atoms with Crippen LogP contribution in [0.1, 0.15) is 16.1 Å². The van der Waals surface area contributed by atoms with Gasteiger partial charge in [-0.25, -0.2) is 4.98 Å². The zero-order valence-electron chi connectivity index (χ0n) is 9.50. The highest BCUT2D eigenvalue weighted by Gasteiger charge is 2.24. The SMILES string of the molecule is O=C(NCc1ccco1)c1ccnc(Cl)c1[N+](=O)[O-]. The van der Waals surface area contributed by atoms with Crippen molar-refractivity contribution in [1.82, 2.24) is 10.3 Å². The van der Waals surface area contributed by atoms with Crippen molar-refractivity contribution < 1.29 is 14.1 Å². The first kappa shape index (κ1) is 13.0. The van der Waals surface area contributed by atoms with Crippen molar-refractivity contribution in [3.63, 3.8) is 0 Å². The van der Waals surface area contributed by atoms with Crippen LogP contribution in [0.3, 0.4) is 0 Å². The molecular formula is C11H8ClN3O4. The summed E-state index contributed by atoms with van der Waals surface area (Å²) < 4.78 is 5.03. The van der Waals surface area contributed by atoms with Gasteiger partial charge in [0.1, 0.15) is 11.3 Å². The number of furan rings is 1. The Morgan fingerprint density at radius 3 is 2.95 bits per heavy atom. The van der Waals surface area contributed by atoms with E-state index in [1.54, 1.807) is 12.1 Å². The van der Waals surface area contributed by atoms with Crippen molar-refractivity contribution in [2.45, 2.75) is 6.54 Å². The molecule has 2 rings (SSSR count). The van der Waals surface area contributed by atoms with Crippen molar-refractivity contribution in [2.24, 2.45) is 0 Å². The molecule has 0 aromatic carbocycles. The number of pyridine rings is 1. The Labute approximate surface area is 112 Å². The van der Waals surface area contributed by atoms with E-state index in [9.17, 15) is 14.9 Å². The Balaban J connectivity index is 2.19. The van der Waals surface area contributed by atoms with Gasteiger partial charge in [0.15, 0.2) is 0 Å². The lowest BCUT2D eigenvalue weighted by Crippen LogP contribution is -2.23. The number of carbonyl (C=O) groups is 1. The zero-order valence-corrected chi connectivity index (χ0v) is 10.3. The Hall–Kier alpha value is -2.41. The van der Waals surface area contributed by atoms with Crippen molar-refractivity contribution >= 4 is 23.2 Å². The molecule has 7 nitrogen and oxygen atoms in total. The van der Waals surface area contributed by atoms with Crippen LogP contribution in [0.4, 0.5) is 5.69 Å². The fraction of sp³-hybridized carbons (Fsp3) is 0.0909. The molecule has 0 radical (unpaired) electrons. The van der Waals surface area contributed by atoms with Crippen LogP contribution in [-0.2, 0) is 6.54 Å². The molecule has 0 fully saturated rings. The fourth-order valence-corrected chi connectivity index (χ4v) is 1.69. The van der Waals surface area contributed by atoms with Crippen LogP contribution in [-0.4, -0.2) is 15.8 Å². The third-order valence-electron chi connectivity index (χ3n) is 2.31. The lowest BCUT2D eigenvalue weighted by Gasteiger charge is -2.04. The van der Waals surface area contributed by atoms with E-state index in [1.807, 2.05) is 0 Å². The van der Waals surface area contributed by atoms with Crippen molar-refractivity contribution in [2.75, 3.05) is 0 Å². The number of rotatable bonds is 4. The fourth-order valence-electron chi connectivity index (χ4n) is 1.46. The summed E-state index contributed by atoms with van der Waals surface area (Å²) in [6.07, 6.45) is 2.70. The van der Waals surface area contributed by atoms with Gasteiger partial charge in [0.2, 0.25) is 5.15 Å². The van der Waals surface area contributed by atoms with E-state index in [-0.39, 0.29) is 17.3 Å². The van der Waals surface area contributed by atoms with Gasteiger partial charge >= 0.3 is 5.69 Å². The van der Waals surface area contributed by atoms with Crippen LogP contribution >= 0.6 is 11.6 Å². The predicted octanol–water partition coefficient (Wildman–Crippen LogP) is 2.17. The van der Waals surface area contributed by atoms with Gasteiger partial charge in [-0.2, -0.15) is 0 Å². The van der Waals surface area contributed by atoms with Gasteiger partial charge in [0, 0.05) is 6.20 Å². The molecule has 1 amide bonds. The minimum absolute atomic E-state index is 0.128. The third-order valence-corrected chi connectivity index (χ3v) is 2.59. The molecule has 0 spiro atoms. The highest BCUT2D eigenvalue weighted by molar-refractivity contribution is 6.32. The number of nitro groups is 1. The molecule has 1 N–H and O–H groups in total. The molecule has 0 saturated carbocycles. The minimum atomic E-state index is -0.739. The van der Waals surface area contributed by atoms with Crippen molar-refractivity contribution in [3.05, 3.63) is 57.3 Å². The first-order chi connectivity index (χ1) is 9.09. The van der Waals surface area contributed by atoms with Crippen molar-refractivity contribution in [1.29, 1.82) is 0 Å². The maximum Gasteiger partial charge on any atom is 0.319 e. The number of aromatic nitrogens is 1. The maximum atomic E-state index is 11.9. The van der Waals surface area contributed by atoms with Crippen LogP contribution in [0.2, 0.25) is 5.15 Å². The molecule has 0 atom stereocenters. The van der Waals surface area contributed by atoms with Gasteiger partial charge in [-0.15, -0.1) is 0 Å². The van der Waals surface area contributed by atoms with E-state index in [4.69, 9.17) is 16.0 Å². The van der Waals surface area contributed by atoms with Crippen molar-refractivity contribution in [3.8, 4) is 0 Å². The van der Waals surface area contributed by atoms with E-state index >= 15 is 0 Å². The summed E-state index contributed by atoms with van der Waals surface area (Å²) in [5, 5.41) is 13.0.